The van der Waals surface area contributed by atoms with Crippen LogP contribution in [0.15, 0.2) is 48.5 Å². The summed E-state index contributed by atoms with van der Waals surface area (Å²) < 4.78 is 0. The number of aryl methyl sites for hydroxylation is 1. The Morgan fingerprint density at radius 1 is 0.958 bits per heavy atom. The van der Waals surface area contributed by atoms with Crippen molar-refractivity contribution in [2.24, 2.45) is 0 Å². The summed E-state index contributed by atoms with van der Waals surface area (Å²) in [5.41, 5.74) is 5.17. The van der Waals surface area contributed by atoms with Gasteiger partial charge in [0, 0.05) is 39.1 Å². The Hall–Kier alpha value is -2.13. The maximum Gasteiger partial charge on any atom is 0.223 e. The Kier molecular flexibility index (Phi) is 5.31. The zero-order valence-electron chi connectivity index (χ0n) is 14.7. The van der Waals surface area contributed by atoms with E-state index in [1.54, 1.807) is 0 Å². The van der Waals surface area contributed by atoms with Crippen LogP contribution in [-0.4, -0.2) is 41.9 Å². The first-order valence-electron chi connectivity index (χ1n) is 8.82. The lowest BCUT2D eigenvalue weighted by Gasteiger charge is -2.21. The fourth-order valence-electron chi connectivity index (χ4n) is 3.35. The molecule has 0 radical (unpaired) electrons. The molecule has 1 heterocycles. The molecular formula is C21H26N2O. The fraction of sp³-hybridized carbons (Fsp3) is 0.381. The lowest BCUT2D eigenvalue weighted by Crippen LogP contribution is -2.32. The summed E-state index contributed by atoms with van der Waals surface area (Å²) >= 11 is 0. The highest BCUT2D eigenvalue weighted by Crippen LogP contribution is 2.23. The van der Waals surface area contributed by atoms with Gasteiger partial charge in [0.15, 0.2) is 0 Å². The Morgan fingerprint density at radius 2 is 1.71 bits per heavy atom. The van der Waals surface area contributed by atoms with E-state index in [2.05, 4.69) is 67.3 Å². The SMILES string of the molecule is CCN1CCN(Cc2ccc(-c3ccccc3C)cc2)CCC1=O. The van der Waals surface area contributed by atoms with Crippen molar-refractivity contribution in [3.8, 4) is 11.1 Å². The molecule has 0 bridgehead atoms. The third kappa shape index (κ3) is 3.85. The van der Waals surface area contributed by atoms with Gasteiger partial charge in [0.2, 0.25) is 5.91 Å². The van der Waals surface area contributed by atoms with Gasteiger partial charge in [-0.15, -0.1) is 0 Å². The average Bonchev–Trinajstić information content (AvgIpc) is 2.78. The van der Waals surface area contributed by atoms with E-state index in [0.717, 1.165) is 32.7 Å². The van der Waals surface area contributed by atoms with Crippen molar-refractivity contribution in [1.82, 2.24) is 9.80 Å². The van der Waals surface area contributed by atoms with Crippen LogP contribution < -0.4 is 0 Å². The van der Waals surface area contributed by atoms with Crippen LogP contribution >= 0.6 is 0 Å². The summed E-state index contributed by atoms with van der Waals surface area (Å²) in [5.74, 6) is 0.287. The summed E-state index contributed by atoms with van der Waals surface area (Å²) in [6.45, 7) is 8.59. The summed E-state index contributed by atoms with van der Waals surface area (Å²) in [6, 6.07) is 17.3. The van der Waals surface area contributed by atoms with Crippen LogP contribution in [-0.2, 0) is 11.3 Å². The number of hydrogen-bond acceptors (Lipinski definition) is 2. The molecule has 126 valence electrons. The summed E-state index contributed by atoms with van der Waals surface area (Å²) in [6.07, 6.45) is 0.634. The number of benzene rings is 2. The average molecular weight is 322 g/mol. The molecule has 1 saturated heterocycles. The van der Waals surface area contributed by atoms with Crippen LogP contribution in [0, 0.1) is 6.92 Å². The number of amides is 1. The number of nitrogens with zero attached hydrogens (tertiary/aromatic N) is 2. The second-order valence-electron chi connectivity index (χ2n) is 6.51. The smallest absolute Gasteiger partial charge is 0.223 e. The Labute approximate surface area is 144 Å². The van der Waals surface area contributed by atoms with Crippen molar-refractivity contribution in [2.45, 2.75) is 26.8 Å². The van der Waals surface area contributed by atoms with Crippen LogP contribution in [0.5, 0.6) is 0 Å². The van der Waals surface area contributed by atoms with Gasteiger partial charge < -0.3 is 4.90 Å². The molecule has 0 saturated carbocycles. The molecule has 0 unspecified atom stereocenters. The number of rotatable bonds is 4. The molecule has 1 amide bonds. The van der Waals surface area contributed by atoms with E-state index < -0.39 is 0 Å². The molecule has 2 aromatic rings. The highest BCUT2D eigenvalue weighted by atomic mass is 16.2. The van der Waals surface area contributed by atoms with E-state index in [-0.39, 0.29) is 5.91 Å². The molecule has 0 spiro atoms. The zero-order chi connectivity index (χ0) is 16.9. The first-order chi connectivity index (χ1) is 11.7. The minimum absolute atomic E-state index is 0.287. The van der Waals surface area contributed by atoms with Crippen LogP contribution in [0.2, 0.25) is 0 Å². The summed E-state index contributed by atoms with van der Waals surface area (Å²) in [7, 11) is 0. The number of hydrogen-bond donors (Lipinski definition) is 0. The lowest BCUT2D eigenvalue weighted by molar-refractivity contribution is -0.130. The van der Waals surface area contributed by atoms with Crippen molar-refractivity contribution in [1.29, 1.82) is 0 Å². The standard InChI is InChI=1S/C21H26N2O/c1-3-23-15-14-22(13-12-21(23)24)16-18-8-10-19(11-9-18)20-7-5-4-6-17(20)2/h4-11H,3,12-16H2,1-2H3. The Bertz CT molecular complexity index is 693. The van der Waals surface area contributed by atoms with Crippen molar-refractivity contribution < 1.29 is 4.79 Å². The molecule has 0 aliphatic carbocycles. The molecule has 3 heteroatoms. The molecule has 1 aliphatic rings. The largest absolute Gasteiger partial charge is 0.342 e. The van der Waals surface area contributed by atoms with E-state index in [9.17, 15) is 4.79 Å². The van der Waals surface area contributed by atoms with Crippen molar-refractivity contribution in [3.63, 3.8) is 0 Å². The Balaban J connectivity index is 1.66. The van der Waals surface area contributed by atoms with Gasteiger partial charge in [0.1, 0.15) is 0 Å². The molecule has 2 aromatic carbocycles. The van der Waals surface area contributed by atoms with Crippen molar-refractivity contribution in [3.05, 3.63) is 59.7 Å². The first-order valence-corrected chi connectivity index (χ1v) is 8.82. The molecule has 1 aliphatic heterocycles. The van der Waals surface area contributed by atoms with Gasteiger partial charge in [0.05, 0.1) is 0 Å². The van der Waals surface area contributed by atoms with E-state index >= 15 is 0 Å². The van der Waals surface area contributed by atoms with Crippen LogP contribution in [0.4, 0.5) is 0 Å². The predicted molar refractivity (Wildman–Crippen MR) is 98.8 cm³/mol. The second kappa shape index (κ2) is 7.63. The van der Waals surface area contributed by atoms with E-state index in [0.29, 0.717) is 6.42 Å². The number of carbonyl (C=O) groups is 1. The van der Waals surface area contributed by atoms with Crippen LogP contribution in [0.1, 0.15) is 24.5 Å². The maximum atomic E-state index is 12.0. The molecule has 24 heavy (non-hydrogen) atoms. The predicted octanol–water partition coefficient (Wildman–Crippen LogP) is 3.72. The van der Waals surface area contributed by atoms with E-state index in [1.165, 1.54) is 22.3 Å². The highest BCUT2D eigenvalue weighted by molar-refractivity contribution is 5.76. The van der Waals surface area contributed by atoms with Gasteiger partial charge in [-0.1, -0.05) is 48.5 Å². The van der Waals surface area contributed by atoms with Crippen molar-refractivity contribution in [2.75, 3.05) is 26.2 Å². The quantitative estimate of drug-likeness (QED) is 0.856. The minimum Gasteiger partial charge on any atom is -0.342 e. The van der Waals surface area contributed by atoms with Gasteiger partial charge in [-0.25, -0.2) is 0 Å². The topological polar surface area (TPSA) is 23.6 Å². The number of carbonyl (C=O) groups excluding carboxylic acids is 1. The van der Waals surface area contributed by atoms with Gasteiger partial charge in [0.25, 0.3) is 0 Å². The molecular weight excluding hydrogens is 296 g/mol. The number of likely N-dealkylation sites (N-methyl/N-ethyl adjacent to an activating group) is 1. The lowest BCUT2D eigenvalue weighted by atomic mass is 9.99. The normalized spacial score (nSPS) is 16.2. The molecule has 1 fully saturated rings. The van der Waals surface area contributed by atoms with E-state index in [4.69, 9.17) is 0 Å². The Morgan fingerprint density at radius 3 is 2.42 bits per heavy atom. The van der Waals surface area contributed by atoms with Gasteiger partial charge in [-0.2, -0.15) is 0 Å². The third-order valence-electron chi connectivity index (χ3n) is 4.88. The first kappa shape index (κ1) is 16.7. The van der Waals surface area contributed by atoms with Crippen molar-refractivity contribution >= 4 is 5.91 Å². The van der Waals surface area contributed by atoms with Crippen LogP contribution in [0.25, 0.3) is 11.1 Å². The van der Waals surface area contributed by atoms with Gasteiger partial charge in [-0.05, 0) is 36.1 Å². The minimum atomic E-state index is 0.287. The highest BCUT2D eigenvalue weighted by Gasteiger charge is 2.19. The monoisotopic (exact) mass is 322 g/mol. The van der Waals surface area contributed by atoms with Gasteiger partial charge in [-0.3, -0.25) is 9.69 Å². The molecule has 0 N–H and O–H groups in total. The van der Waals surface area contributed by atoms with Gasteiger partial charge >= 0.3 is 0 Å². The second-order valence-corrected chi connectivity index (χ2v) is 6.51. The molecule has 0 atom stereocenters. The zero-order valence-corrected chi connectivity index (χ0v) is 14.7. The molecule has 3 nitrogen and oxygen atoms in total. The summed E-state index contributed by atoms with van der Waals surface area (Å²) in [5, 5.41) is 0. The molecule has 3 rings (SSSR count). The fourth-order valence-corrected chi connectivity index (χ4v) is 3.35. The van der Waals surface area contributed by atoms with Crippen LogP contribution in [0.3, 0.4) is 0 Å². The third-order valence-corrected chi connectivity index (χ3v) is 4.88. The van der Waals surface area contributed by atoms with E-state index in [1.807, 2.05) is 4.90 Å². The maximum absolute atomic E-state index is 12.0. The molecule has 0 aromatic heterocycles. The summed E-state index contributed by atoms with van der Waals surface area (Å²) in [4.78, 5) is 16.3.